The predicted octanol–water partition coefficient (Wildman–Crippen LogP) is 3.24. The molecule has 1 atom stereocenters. The summed E-state index contributed by atoms with van der Waals surface area (Å²) in [6.07, 6.45) is 2.26. The van der Waals surface area contributed by atoms with Crippen molar-refractivity contribution in [2.75, 3.05) is 31.9 Å². The summed E-state index contributed by atoms with van der Waals surface area (Å²) in [6.45, 7) is 5.92. The first kappa shape index (κ1) is 18.5. The lowest BCUT2D eigenvalue weighted by Gasteiger charge is -2.40. The highest BCUT2D eigenvalue weighted by atomic mass is 127. The molecule has 0 bridgehead atoms. The van der Waals surface area contributed by atoms with Crippen LogP contribution < -0.4 is 0 Å². The van der Waals surface area contributed by atoms with Crippen LogP contribution in [0.25, 0.3) is 0 Å². The Kier molecular flexibility index (Phi) is 7.46. The minimum absolute atomic E-state index is 0.0766. The van der Waals surface area contributed by atoms with E-state index in [0.29, 0.717) is 4.90 Å². The van der Waals surface area contributed by atoms with Crippen molar-refractivity contribution in [1.29, 1.82) is 0 Å². The van der Waals surface area contributed by atoms with Crippen LogP contribution in [0.15, 0.2) is 35.2 Å². The van der Waals surface area contributed by atoms with Gasteiger partial charge in [0.15, 0.2) is 9.84 Å². The number of nitrogens with zero attached hydrogens (tertiary/aromatic N) is 2. The molecule has 1 heterocycles. The number of rotatable bonds is 7. The molecule has 0 radical (unpaired) electrons. The van der Waals surface area contributed by atoms with Gasteiger partial charge in [-0.2, -0.15) is 0 Å². The summed E-state index contributed by atoms with van der Waals surface area (Å²) in [5.41, 5.74) is 0. The molecule has 0 N–H and O–H groups in total. The number of unbranched alkanes of at least 4 members (excludes halogenated alkanes) is 1. The van der Waals surface area contributed by atoms with Crippen molar-refractivity contribution in [3.8, 4) is 0 Å². The van der Waals surface area contributed by atoms with Crippen LogP contribution in [0.1, 0.15) is 19.8 Å². The Morgan fingerprint density at radius 3 is 2.64 bits per heavy atom. The van der Waals surface area contributed by atoms with Crippen molar-refractivity contribution in [3.05, 3.63) is 30.3 Å². The lowest BCUT2D eigenvalue weighted by molar-refractivity contribution is 0.136. The molecule has 4 nitrogen and oxygen atoms in total. The van der Waals surface area contributed by atoms with Gasteiger partial charge in [-0.05, 0) is 34.2 Å². The van der Waals surface area contributed by atoms with E-state index >= 15 is 0 Å². The van der Waals surface area contributed by atoms with E-state index in [4.69, 9.17) is 0 Å². The van der Waals surface area contributed by atoms with Crippen LogP contribution in [0, 0.1) is 0 Å². The van der Waals surface area contributed by atoms with Crippen molar-refractivity contribution in [3.63, 3.8) is 0 Å². The molecule has 1 saturated heterocycles. The lowest BCUT2D eigenvalue weighted by atomic mass is 10.2. The van der Waals surface area contributed by atoms with Gasteiger partial charge in [-0.15, -0.1) is 0 Å². The Morgan fingerprint density at radius 1 is 1.27 bits per heavy atom. The van der Waals surface area contributed by atoms with E-state index in [-0.39, 0.29) is 11.8 Å². The first-order chi connectivity index (χ1) is 10.6. The second kappa shape index (κ2) is 8.86. The predicted molar refractivity (Wildman–Crippen MR) is 102 cm³/mol. The van der Waals surface area contributed by atoms with E-state index in [2.05, 4.69) is 37.3 Å². The number of hydrogen-bond acceptors (Lipinski definition) is 5. The van der Waals surface area contributed by atoms with Crippen LogP contribution >= 0.6 is 30.3 Å². The van der Waals surface area contributed by atoms with Crippen molar-refractivity contribution in [2.24, 2.45) is 0 Å². The Balaban J connectivity index is 2.11. The number of hydrogen-bond donors (Lipinski definition) is 0. The Hall–Kier alpha value is 0.170. The molecule has 0 saturated carbocycles. The highest BCUT2D eigenvalue weighted by Crippen LogP contribution is 2.25. The average molecular weight is 454 g/mol. The van der Waals surface area contributed by atoms with Gasteiger partial charge in [0, 0.05) is 46.9 Å². The Bertz CT molecular complexity index is 554. The van der Waals surface area contributed by atoms with Crippen LogP contribution in [-0.2, 0) is 9.84 Å². The zero-order valence-electron chi connectivity index (χ0n) is 12.8. The highest BCUT2D eigenvalue weighted by molar-refractivity contribution is 14.2. The van der Waals surface area contributed by atoms with Crippen LogP contribution in [-0.4, -0.2) is 55.6 Å². The second-order valence-electron chi connectivity index (χ2n) is 5.59. The zero-order chi connectivity index (χ0) is 16.0. The molecule has 1 fully saturated rings. The summed E-state index contributed by atoms with van der Waals surface area (Å²) in [7, 11) is -1.55. The molecule has 0 spiro atoms. The molecule has 1 aliphatic rings. The van der Waals surface area contributed by atoms with Crippen LogP contribution in [0.4, 0.5) is 0 Å². The van der Waals surface area contributed by atoms with Gasteiger partial charge in [-0.25, -0.2) is 12.7 Å². The quantitative estimate of drug-likeness (QED) is 0.468. The largest absolute Gasteiger partial charge is 0.297 e. The molecule has 0 aromatic heterocycles. The molecular weight excluding hydrogens is 431 g/mol. The van der Waals surface area contributed by atoms with E-state index in [9.17, 15) is 8.42 Å². The van der Waals surface area contributed by atoms with Crippen molar-refractivity contribution in [1.82, 2.24) is 9.21 Å². The number of sulfone groups is 1. The fourth-order valence-corrected chi connectivity index (χ4v) is 5.76. The summed E-state index contributed by atoms with van der Waals surface area (Å²) >= 11 is 2.28. The first-order valence-electron chi connectivity index (χ1n) is 7.62. The standard InChI is InChI=1S/C15H23IN2O2S2/c1-2-3-9-17-10-11-18(21-16)12-14(17)13-22(19,20)15-7-5-4-6-8-15/h4-8,14H,2-3,9-13H2,1H3. The third-order valence-corrected chi connectivity index (χ3v) is 7.99. The summed E-state index contributed by atoms with van der Waals surface area (Å²) in [5.74, 6) is 0.203. The maximum absolute atomic E-state index is 12.7. The smallest absolute Gasteiger partial charge is 0.179 e. The van der Waals surface area contributed by atoms with Crippen molar-refractivity contribution in [2.45, 2.75) is 30.7 Å². The molecule has 124 valence electrons. The third-order valence-electron chi connectivity index (χ3n) is 3.98. The molecule has 7 heteroatoms. The average Bonchev–Trinajstić information content (AvgIpc) is 2.54. The topological polar surface area (TPSA) is 40.6 Å². The van der Waals surface area contributed by atoms with E-state index < -0.39 is 9.84 Å². The molecule has 1 unspecified atom stereocenters. The number of piperazine rings is 1. The van der Waals surface area contributed by atoms with Crippen LogP contribution in [0.2, 0.25) is 0 Å². The number of benzene rings is 1. The summed E-state index contributed by atoms with van der Waals surface area (Å²) in [5, 5.41) is 0. The van der Waals surface area contributed by atoms with Gasteiger partial charge in [-0.3, -0.25) is 4.90 Å². The molecule has 0 amide bonds. The van der Waals surface area contributed by atoms with E-state index in [0.717, 1.165) is 39.0 Å². The maximum atomic E-state index is 12.7. The maximum Gasteiger partial charge on any atom is 0.179 e. The van der Waals surface area contributed by atoms with Gasteiger partial charge in [0.1, 0.15) is 0 Å². The number of halogens is 1. The third kappa shape index (κ3) is 5.09. The minimum atomic E-state index is -3.23. The van der Waals surface area contributed by atoms with Crippen molar-refractivity contribution < 1.29 is 8.42 Å². The van der Waals surface area contributed by atoms with Gasteiger partial charge < -0.3 is 0 Å². The SMILES string of the molecule is CCCCN1CCN(SI)CC1CS(=O)(=O)c1ccccc1. The van der Waals surface area contributed by atoms with E-state index in [1.807, 2.05) is 6.07 Å². The monoisotopic (exact) mass is 454 g/mol. The van der Waals surface area contributed by atoms with Gasteiger partial charge in [0.2, 0.25) is 0 Å². The molecule has 22 heavy (non-hydrogen) atoms. The fourth-order valence-electron chi connectivity index (χ4n) is 2.72. The summed E-state index contributed by atoms with van der Waals surface area (Å²) in [4.78, 5) is 2.79. The molecular formula is C15H23IN2O2S2. The van der Waals surface area contributed by atoms with E-state index in [1.54, 1.807) is 33.4 Å². The van der Waals surface area contributed by atoms with Gasteiger partial charge in [0.25, 0.3) is 0 Å². The van der Waals surface area contributed by atoms with Gasteiger partial charge in [0.05, 0.1) is 10.6 Å². The van der Waals surface area contributed by atoms with Crippen LogP contribution in [0.3, 0.4) is 0 Å². The van der Waals surface area contributed by atoms with Crippen LogP contribution in [0.5, 0.6) is 0 Å². The normalized spacial score (nSPS) is 21.1. The molecule has 2 rings (SSSR count). The van der Waals surface area contributed by atoms with Crippen molar-refractivity contribution >= 4 is 40.2 Å². The molecule has 1 aromatic rings. The summed E-state index contributed by atoms with van der Waals surface area (Å²) in [6, 6.07) is 8.89. The molecule has 1 aromatic carbocycles. The molecule has 1 aliphatic heterocycles. The Labute approximate surface area is 150 Å². The second-order valence-corrected chi connectivity index (χ2v) is 9.47. The minimum Gasteiger partial charge on any atom is -0.297 e. The summed E-state index contributed by atoms with van der Waals surface area (Å²) < 4.78 is 27.6. The highest BCUT2D eigenvalue weighted by Gasteiger charge is 2.31. The van der Waals surface area contributed by atoms with E-state index in [1.165, 1.54) is 0 Å². The fraction of sp³-hybridized carbons (Fsp3) is 0.600. The first-order valence-corrected chi connectivity index (χ1v) is 12.6. The molecule has 0 aliphatic carbocycles. The van der Waals surface area contributed by atoms with Gasteiger partial charge in [-0.1, -0.05) is 31.5 Å². The lowest BCUT2D eigenvalue weighted by Crippen LogP contribution is -2.53. The Morgan fingerprint density at radius 2 is 2.00 bits per heavy atom. The zero-order valence-corrected chi connectivity index (χ0v) is 16.6. The van der Waals surface area contributed by atoms with Gasteiger partial charge >= 0.3 is 0 Å².